The molecule has 0 aliphatic carbocycles. The number of ether oxygens (including phenoxy) is 1. The molecule has 0 radical (unpaired) electrons. The molecule has 10 heteroatoms. The first kappa shape index (κ1) is 27.7. The Morgan fingerprint density at radius 1 is 1.19 bits per heavy atom. The standard InChI is InChI=1S/C26H37FN4O4Si/c1-7-33-23(32)12-9-13-34-30-21-16-31(17-21)25-28-14-20(15-29-25)22-11-8-10-19(24(22)27)18-35-36(5,6)26(2,3)4/h8,10-11,14-15H,7,9,12-13,16-18H2,1-6H3. The number of carbonyl (C=O) groups excluding carboxylic acids is 1. The lowest BCUT2D eigenvalue weighted by atomic mass is 10.1. The Labute approximate surface area is 214 Å². The van der Waals surface area contributed by atoms with Gasteiger partial charge < -0.3 is 18.9 Å². The molecule has 1 aromatic heterocycles. The largest absolute Gasteiger partial charge is 0.466 e. The van der Waals surface area contributed by atoms with Gasteiger partial charge in [0.25, 0.3) is 0 Å². The number of esters is 1. The highest BCUT2D eigenvalue weighted by molar-refractivity contribution is 6.74. The fourth-order valence-corrected chi connectivity index (χ4v) is 4.21. The molecule has 1 fully saturated rings. The van der Waals surface area contributed by atoms with Gasteiger partial charge in [-0.25, -0.2) is 14.4 Å². The summed E-state index contributed by atoms with van der Waals surface area (Å²) >= 11 is 0. The highest BCUT2D eigenvalue weighted by Crippen LogP contribution is 2.37. The molecule has 0 bridgehead atoms. The Kier molecular flexibility index (Phi) is 9.18. The van der Waals surface area contributed by atoms with Crippen molar-refractivity contribution in [2.24, 2.45) is 5.16 Å². The van der Waals surface area contributed by atoms with Crippen LogP contribution in [-0.4, -0.2) is 56.3 Å². The Balaban J connectivity index is 1.53. The van der Waals surface area contributed by atoms with E-state index in [1.54, 1.807) is 31.5 Å². The lowest BCUT2D eigenvalue weighted by molar-refractivity contribution is -0.143. The second-order valence-electron chi connectivity index (χ2n) is 10.4. The van der Waals surface area contributed by atoms with Crippen molar-refractivity contribution in [3.8, 4) is 11.1 Å². The smallest absolute Gasteiger partial charge is 0.305 e. The minimum absolute atomic E-state index is 0.0580. The van der Waals surface area contributed by atoms with E-state index in [9.17, 15) is 4.79 Å². The van der Waals surface area contributed by atoms with Crippen LogP contribution in [0.2, 0.25) is 18.1 Å². The molecule has 196 valence electrons. The van der Waals surface area contributed by atoms with E-state index in [0.717, 1.165) is 5.71 Å². The summed E-state index contributed by atoms with van der Waals surface area (Å²) in [6, 6.07) is 5.33. The van der Waals surface area contributed by atoms with E-state index in [1.807, 2.05) is 11.0 Å². The molecule has 0 unspecified atom stereocenters. The predicted molar refractivity (Wildman–Crippen MR) is 141 cm³/mol. The molecule has 1 saturated heterocycles. The summed E-state index contributed by atoms with van der Waals surface area (Å²) in [5.41, 5.74) is 2.48. The average Bonchev–Trinajstić information content (AvgIpc) is 2.79. The van der Waals surface area contributed by atoms with E-state index in [2.05, 4.69) is 49.0 Å². The number of hydrogen-bond acceptors (Lipinski definition) is 8. The van der Waals surface area contributed by atoms with Crippen molar-refractivity contribution >= 4 is 25.9 Å². The zero-order chi connectivity index (χ0) is 26.3. The van der Waals surface area contributed by atoms with E-state index in [-0.39, 0.29) is 23.4 Å². The fourth-order valence-electron chi connectivity index (χ4n) is 3.26. The Morgan fingerprint density at radius 3 is 2.53 bits per heavy atom. The molecule has 0 saturated carbocycles. The minimum Gasteiger partial charge on any atom is -0.466 e. The van der Waals surface area contributed by atoms with E-state index >= 15 is 4.39 Å². The zero-order valence-electron chi connectivity index (χ0n) is 22.1. The molecule has 3 rings (SSSR count). The maximum absolute atomic E-state index is 15.3. The Hall–Kier alpha value is -2.85. The van der Waals surface area contributed by atoms with Crippen molar-refractivity contribution in [3.63, 3.8) is 0 Å². The molecule has 2 heterocycles. The number of rotatable bonds is 11. The van der Waals surface area contributed by atoms with Gasteiger partial charge in [0.15, 0.2) is 8.32 Å². The van der Waals surface area contributed by atoms with Gasteiger partial charge in [-0.2, -0.15) is 0 Å². The van der Waals surface area contributed by atoms with Crippen LogP contribution in [0.25, 0.3) is 11.1 Å². The van der Waals surface area contributed by atoms with E-state index in [0.29, 0.717) is 61.8 Å². The van der Waals surface area contributed by atoms with Crippen LogP contribution < -0.4 is 4.90 Å². The van der Waals surface area contributed by atoms with Crippen LogP contribution >= 0.6 is 0 Å². The van der Waals surface area contributed by atoms with Gasteiger partial charge in [-0.15, -0.1) is 0 Å². The average molecular weight is 517 g/mol. The third kappa shape index (κ3) is 7.10. The Bertz CT molecular complexity index is 1060. The molecule has 2 aromatic rings. The molecule has 1 aliphatic heterocycles. The van der Waals surface area contributed by atoms with E-state index in [1.165, 1.54) is 0 Å². The minimum atomic E-state index is -1.99. The number of hydrogen-bond donors (Lipinski definition) is 0. The summed E-state index contributed by atoms with van der Waals surface area (Å²) in [4.78, 5) is 27.4. The predicted octanol–water partition coefficient (Wildman–Crippen LogP) is 5.34. The maximum Gasteiger partial charge on any atom is 0.305 e. The summed E-state index contributed by atoms with van der Waals surface area (Å²) in [5.74, 6) is 0.0270. The molecule has 8 nitrogen and oxygen atoms in total. The quantitative estimate of drug-likeness (QED) is 0.172. The molecule has 0 spiro atoms. The van der Waals surface area contributed by atoms with Crippen molar-refractivity contribution in [3.05, 3.63) is 42.0 Å². The van der Waals surface area contributed by atoms with Gasteiger partial charge in [0.2, 0.25) is 5.95 Å². The van der Waals surface area contributed by atoms with Gasteiger partial charge in [-0.1, -0.05) is 44.1 Å². The number of anilines is 1. The molecule has 36 heavy (non-hydrogen) atoms. The summed E-state index contributed by atoms with van der Waals surface area (Å²) in [5, 5.41) is 4.15. The molecule has 0 amide bonds. The van der Waals surface area contributed by atoms with Crippen molar-refractivity contribution in [1.29, 1.82) is 0 Å². The third-order valence-corrected chi connectivity index (χ3v) is 11.0. The van der Waals surface area contributed by atoms with Crippen LogP contribution in [0.5, 0.6) is 0 Å². The zero-order valence-corrected chi connectivity index (χ0v) is 23.1. The topological polar surface area (TPSA) is 86.1 Å². The number of oxime groups is 1. The molecular weight excluding hydrogens is 479 g/mol. The van der Waals surface area contributed by atoms with Crippen LogP contribution in [0, 0.1) is 5.82 Å². The van der Waals surface area contributed by atoms with Crippen LogP contribution in [0.4, 0.5) is 10.3 Å². The first-order chi connectivity index (χ1) is 17.0. The van der Waals surface area contributed by atoms with Crippen LogP contribution in [0.15, 0.2) is 35.7 Å². The number of benzene rings is 1. The Morgan fingerprint density at radius 2 is 1.89 bits per heavy atom. The lowest BCUT2D eigenvalue weighted by Crippen LogP contribution is -2.48. The highest BCUT2D eigenvalue weighted by Gasteiger charge is 2.37. The maximum atomic E-state index is 15.3. The number of aromatic nitrogens is 2. The van der Waals surface area contributed by atoms with Crippen LogP contribution in [0.3, 0.4) is 0 Å². The molecule has 1 aromatic carbocycles. The van der Waals surface area contributed by atoms with E-state index in [4.69, 9.17) is 14.0 Å². The van der Waals surface area contributed by atoms with Crippen molar-refractivity contribution in [1.82, 2.24) is 9.97 Å². The third-order valence-electron chi connectivity index (χ3n) is 6.57. The summed E-state index contributed by atoms with van der Waals surface area (Å²) in [6.07, 6.45) is 4.16. The van der Waals surface area contributed by atoms with Gasteiger partial charge in [0.1, 0.15) is 12.4 Å². The molecule has 0 atom stereocenters. The van der Waals surface area contributed by atoms with Gasteiger partial charge in [-0.05, 0) is 31.5 Å². The second kappa shape index (κ2) is 11.9. The first-order valence-corrected chi connectivity index (χ1v) is 15.2. The molecule has 1 aliphatic rings. The molecule has 0 N–H and O–H groups in total. The second-order valence-corrected chi connectivity index (χ2v) is 15.2. The van der Waals surface area contributed by atoms with Gasteiger partial charge >= 0.3 is 5.97 Å². The monoisotopic (exact) mass is 516 g/mol. The number of nitrogens with zero attached hydrogens (tertiary/aromatic N) is 4. The number of halogens is 1. The van der Waals surface area contributed by atoms with Crippen LogP contribution in [-0.2, 0) is 25.4 Å². The van der Waals surface area contributed by atoms with Gasteiger partial charge in [0.05, 0.1) is 32.0 Å². The van der Waals surface area contributed by atoms with Gasteiger partial charge in [0, 0.05) is 35.5 Å². The van der Waals surface area contributed by atoms with Crippen molar-refractivity contribution < 1.29 is 23.2 Å². The van der Waals surface area contributed by atoms with Crippen LogP contribution in [0.1, 0.15) is 46.1 Å². The SMILES string of the molecule is CCOC(=O)CCCON=C1CN(c2ncc(-c3cccc(CO[Si](C)(C)C(C)(C)C)c3F)cn2)C1. The summed E-state index contributed by atoms with van der Waals surface area (Å²) < 4.78 is 26.4. The number of carbonyl (C=O) groups is 1. The normalized spacial score (nSPS) is 13.9. The lowest BCUT2D eigenvalue weighted by Gasteiger charge is -2.36. The van der Waals surface area contributed by atoms with Crippen molar-refractivity contribution in [2.45, 2.75) is 65.3 Å². The van der Waals surface area contributed by atoms with Gasteiger partial charge in [-0.3, -0.25) is 4.79 Å². The highest BCUT2D eigenvalue weighted by atomic mass is 28.4. The summed E-state index contributed by atoms with van der Waals surface area (Å²) in [6.45, 7) is 14.7. The summed E-state index contributed by atoms with van der Waals surface area (Å²) in [7, 11) is -1.99. The first-order valence-electron chi connectivity index (χ1n) is 12.3. The molecular formula is C26H37FN4O4Si. The van der Waals surface area contributed by atoms with E-state index < -0.39 is 8.32 Å². The fraction of sp³-hybridized carbons (Fsp3) is 0.538. The van der Waals surface area contributed by atoms with Crippen molar-refractivity contribution in [2.75, 3.05) is 31.2 Å².